The SMILES string of the molecule is Cc1cccc2sc(NC(=O)[C@@H](N)C(C)C)nc12. The first kappa shape index (κ1) is 13.0. The molecule has 3 N–H and O–H groups in total. The number of amides is 1. The molecule has 0 fully saturated rings. The van der Waals surface area contributed by atoms with E-state index in [2.05, 4.69) is 10.3 Å². The highest BCUT2D eigenvalue weighted by molar-refractivity contribution is 7.22. The number of hydrogen-bond donors (Lipinski definition) is 2. The number of hydrogen-bond acceptors (Lipinski definition) is 4. The van der Waals surface area contributed by atoms with Gasteiger partial charge in [0.2, 0.25) is 5.91 Å². The van der Waals surface area contributed by atoms with Crippen LogP contribution in [-0.4, -0.2) is 16.9 Å². The molecule has 0 aliphatic heterocycles. The minimum absolute atomic E-state index is 0.112. The van der Waals surface area contributed by atoms with Gasteiger partial charge in [-0.2, -0.15) is 0 Å². The third-order valence-corrected chi connectivity index (χ3v) is 3.81. The number of aromatic nitrogens is 1. The molecule has 1 atom stereocenters. The molecule has 0 saturated carbocycles. The number of fused-ring (bicyclic) bond motifs is 1. The second-order valence-corrected chi connectivity index (χ2v) is 5.73. The molecule has 2 rings (SSSR count). The van der Waals surface area contributed by atoms with Crippen molar-refractivity contribution < 1.29 is 4.79 Å². The van der Waals surface area contributed by atoms with E-state index in [9.17, 15) is 4.79 Å². The van der Waals surface area contributed by atoms with Crippen LogP contribution in [0.15, 0.2) is 18.2 Å². The van der Waals surface area contributed by atoms with Crippen LogP contribution in [-0.2, 0) is 4.79 Å². The van der Waals surface area contributed by atoms with E-state index >= 15 is 0 Å². The number of thiazole rings is 1. The van der Waals surface area contributed by atoms with Crippen LogP contribution < -0.4 is 11.1 Å². The van der Waals surface area contributed by atoms with Crippen LogP contribution in [0.4, 0.5) is 5.13 Å². The molecular formula is C13H17N3OS. The second-order valence-electron chi connectivity index (χ2n) is 4.70. The molecule has 18 heavy (non-hydrogen) atoms. The normalized spacial score (nSPS) is 12.9. The lowest BCUT2D eigenvalue weighted by atomic mass is 10.1. The van der Waals surface area contributed by atoms with Crippen LogP contribution in [0.5, 0.6) is 0 Å². The molecule has 4 nitrogen and oxygen atoms in total. The van der Waals surface area contributed by atoms with E-state index in [4.69, 9.17) is 5.73 Å². The lowest BCUT2D eigenvalue weighted by molar-refractivity contribution is -0.118. The Morgan fingerprint density at radius 2 is 2.17 bits per heavy atom. The molecule has 1 aromatic heterocycles. The predicted molar refractivity (Wildman–Crippen MR) is 75.8 cm³/mol. The Morgan fingerprint density at radius 3 is 2.78 bits per heavy atom. The third-order valence-electron chi connectivity index (χ3n) is 2.87. The zero-order chi connectivity index (χ0) is 13.3. The van der Waals surface area contributed by atoms with Gasteiger partial charge in [0.1, 0.15) is 0 Å². The second kappa shape index (κ2) is 5.04. The Bertz CT molecular complexity index is 577. The van der Waals surface area contributed by atoms with E-state index in [1.807, 2.05) is 39.0 Å². The molecule has 0 saturated heterocycles. The van der Waals surface area contributed by atoms with Gasteiger partial charge in [0.15, 0.2) is 5.13 Å². The predicted octanol–water partition coefficient (Wildman–Crippen LogP) is 2.53. The van der Waals surface area contributed by atoms with Gasteiger partial charge < -0.3 is 11.1 Å². The largest absolute Gasteiger partial charge is 0.320 e. The van der Waals surface area contributed by atoms with E-state index in [0.29, 0.717) is 5.13 Å². The number of benzene rings is 1. The molecule has 1 heterocycles. The van der Waals surface area contributed by atoms with Crippen molar-refractivity contribution in [2.24, 2.45) is 11.7 Å². The van der Waals surface area contributed by atoms with Crippen molar-refractivity contribution in [2.45, 2.75) is 26.8 Å². The average Bonchev–Trinajstić information content (AvgIpc) is 2.71. The van der Waals surface area contributed by atoms with Gasteiger partial charge in [-0.15, -0.1) is 0 Å². The van der Waals surface area contributed by atoms with Crippen LogP contribution in [0.3, 0.4) is 0 Å². The maximum absolute atomic E-state index is 11.8. The lowest BCUT2D eigenvalue weighted by Gasteiger charge is -2.13. The topological polar surface area (TPSA) is 68.0 Å². The Labute approximate surface area is 110 Å². The molecule has 0 unspecified atom stereocenters. The molecule has 1 amide bonds. The first-order chi connectivity index (χ1) is 8.49. The summed E-state index contributed by atoms with van der Waals surface area (Å²) >= 11 is 1.47. The standard InChI is InChI=1S/C13H17N3OS/c1-7(2)10(14)12(17)16-13-15-11-8(3)5-4-6-9(11)18-13/h4-7,10H,14H2,1-3H3,(H,15,16,17)/t10-/m0/s1. The molecule has 0 bridgehead atoms. The van der Waals surface area contributed by atoms with E-state index in [1.54, 1.807) is 0 Å². The number of carbonyl (C=O) groups excluding carboxylic acids is 1. The Balaban J connectivity index is 2.23. The number of aryl methyl sites for hydroxylation is 1. The maximum Gasteiger partial charge on any atom is 0.243 e. The van der Waals surface area contributed by atoms with E-state index in [1.165, 1.54) is 11.3 Å². The van der Waals surface area contributed by atoms with Crippen molar-refractivity contribution in [2.75, 3.05) is 5.32 Å². The summed E-state index contributed by atoms with van der Waals surface area (Å²) in [5.41, 5.74) is 7.85. The molecular weight excluding hydrogens is 246 g/mol. The van der Waals surface area contributed by atoms with Gasteiger partial charge in [-0.3, -0.25) is 4.79 Å². The van der Waals surface area contributed by atoms with Crippen molar-refractivity contribution in [3.8, 4) is 0 Å². The Morgan fingerprint density at radius 1 is 1.44 bits per heavy atom. The van der Waals surface area contributed by atoms with Gasteiger partial charge in [0.05, 0.1) is 16.3 Å². The summed E-state index contributed by atoms with van der Waals surface area (Å²) in [6, 6.07) is 5.49. The van der Waals surface area contributed by atoms with Crippen LogP contribution in [0.25, 0.3) is 10.2 Å². The molecule has 2 aromatic rings. The Hall–Kier alpha value is -1.46. The summed E-state index contributed by atoms with van der Waals surface area (Å²) in [4.78, 5) is 16.3. The molecule has 5 heteroatoms. The summed E-state index contributed by atoms with van der Waals surface area (Å²) in [6.45, 7) is 5.85. The summed E-state index contributed by atoms with van der Waals surface area (Å²) in [5, 5.41) is 3.39. The highest BCUT2D eigenvalue weighted by Crippen LogP contribution is 2.27. The van der Waals surface area contributed by atoms with Crippen LogP contribution in [0.2, 0.25) is 0 Å². The summed E-state index contributed by atoms with van der Waals surface area (Å²) < 4.78 is 1.07. The molecule has 0 spiro atoms. The van der Waals surface area contributed by atoms with E-state index in [-0.39, 0.29) is 11.8 Å². The number of carbonyl (C=O) groups is 1. The third kappa shape index (κ3) is 2.52. The average molecular weight is 263 g/mol. The minimum atomic E-state index is -0.502. The first-order valence-electron chi connectivity index (χ1n) is 5.91. The lowest BCUT2D eigenvalue weighted by Crippen LogP contribution is -2.39. The van der Waals surface area contributed by atoms with E-state index in [0.717, 1.165) is 15.8 Å². The van der Waals surface area contributed by atoms with E-state index < -0.39 is 6.04 Å². The quantitative estimate of drug-likeness (QED) is 0.894. The molecule has 1 aromatic carbocycles. The number of para-hydroxylation sites is 1. The highest BCUT2D eigenvalue weighted by atomic mass is 32.1. The number of nitrogens with two attached hydrogens (primary N) is 1. The van der Waals surface area contributed by atoms with Crippen molar-refractivity contribution in [3.05, 3.63) is 23.8 Å². The van der Waals surface area contributed by atoms with Gasteiger partial charge >= 0.3 is 0 Å². The number of nitrogens with zero attached hydrogens (tertiary/aromatic N) is 1. The van der Waals surface area contributed by atoms with Crippen LogP contribution in [0, 0.1) is 12.8 Å². The summed E-state index contributed by atoms with van der Waals surface area (Å²) in [7, 11) is 0. The summed E-state index contributed by atoms with van der Waals surface area (Å²) in [5.74, 6) is -0.0668. The monoisotopic (exact) mass is 263 g/mol. The van der Waals surface area contributed by atoms with Gasteiger partial charge in [-0.05, 0) is 24.5 Å². The summed E-state index contributed by atoms with van der Waals surface area (Å²) in [6.07, 6.45) is 0. The van der Waals surface area contributed by atoms with Crippen molar-refractivity contribution >= 4 is 32.6 Å². The molecule has 96 valence electrons. The number of nitrogens with one attached hydrogen (secondary N) is 1. The van der Waals surface area contributed by atoms with Gasteiger partial charge in [0, 0.05) is 0 Å². The maximum atomic E-state index is 11.8. The zero-order valence-corrected chi connectivity index (χ0v) is 11.5. The van der Waals surface area contributed by atoms with Gasteiger partial charge in [-0.1, -0.05) is 37.3 Å². The molecule has 0 aliphatic carbocycles. The smallest absolute Gasteiger partial charge is 0.243 e. The van der Waals surface area contributed by atoms with Crippen molar-refractivity contribution in [1.29, 1.82) is 0 Å². The van der Waals surface area contributed by atoms with Crippen LogP contribution in [0.1, 0.15) is 19.4 Å². The van der Waals surface area contributed by atoms with Crippen molar-refractivity contribution in [3.63, 3.8) is 0 Å². The van der Waals surface area contributed by atoms with Crippen molar-refractivity contribution in [1.82, 2.24) is 4.98 Å². The fourth-order valence-electron chi connectivity index (χ4n) is 1.63. The number of anilines is 1. The van der Waals surface area contributed by atoms with Gasteiger partial charge in [-0.25, -0.2) is 4.98 Å². The fraction of sp³-hybridized carbons (Fsp3) is 0.385. The Kier molecular flexibility index (Phi) is 3.63. The fourth-order valence-corrected chi connectivity index (χ4v) is 2.58. The zero-order valence-electron chi connectivity index (χ0n) is 10.7. The molecule has 0 aliphatic rings. The number of rotatable bonds is 3. The minimum Gasteiger partial charge on any atom is -0.320 e. The van der Waals surface area contributed by atoms with Crippen LogP contribution >= 0.6 is 11.3 Å². The van der Waals surface area contributed by atoms with Gasteiger partial charge in [0.25, 0.3) is 0 Å². The molecule has 0 radical (unpaired) electrons. The first-order valence-corrected chi connectivity index (χ1v) is 6.73. The highest BCUT2D eigenvalue weighted by Gasteiger charge is 2.18.